The second-order valence-electron chi connectivity index (χ2n) is 5.76. The zero-order valence-electron chi connectivity index (χ0n) is 12.9. The van der Waals surface area contributed by atoms with Gasteiger partial charge in [-0.2, -0.15) is 0 Å². The summed E-state index contributed by atoms with van der Waals surface area (Å²) in [5, 5.41) is 3.39. The van der Waals surface area contributed by atoms with Crippen LogP contribution >= 0.6 is 11.6 Å². The average molecular weight is 298 g/mol. The molecule has 1 aromatic rings. The van der Waals surface area contributed by atoms with Crippen LogP contribution in [0.25, 0.3) is 0 Å². The smallest absolute Gasteiger partial charge is 0.254 e. The molecule has 1 unspecified atom stereocenters. The molecule has 0 aliphatic rings. The molecule has 1 rings (SSSR count). The Morgan fingerprint density at radius 1 is 1.45 bits per heavy atom. The Hall–Kier alpha value is -1.13. The third-order valence-electron chi connectivity index (χ3n) is 3.21. The number of hydrogen-bond acceptors (Lipinski definition) is 3. The fourth-order valence-electron chi connectivity index (χ4n) is 2.02. The second-order valence-corrected chi connectivity index (χ2v) is 6.17. The molecule has 0 fully saturated rings. The Balaban J connectivity index is 2.65. The van der Waals surface area contributed by atoms with E-state index in [0.717, 1.165) is 12.1 Å². The molecule has 1 atom stereocenters. The van der Waals surface area contributed by atoms with Gasteiger partial charge in [-0.3, -0.25) is 9.78 Å². The van der Waals surface area contributed by atoms with Gasteiger partial charge >= 0.3 is 0 Å². The van der Waals surface area contributed by atoms with Crippen molar-refractivity contribution in [2.45, 2.75) is 33.2 Å². The van der Waals surface area contributed by atoms with Gasteiger partial charge < -0.3 is 10.2 Å². The summed E-state index contributed by atoms with van der Waals surface area (Å²) in [6.45, 7) is 6.81. The number of pyridine rings is 1. The van der Waals surface area contributed by atoms with Crippen LogP contribution in [-0.2, 0) is 0 Å². The Kier molecular flexibility index (Phi) is 6.43. The summed E-state index contributed by atoms with van der Waals surface area (Å²) in [6.07, 6.45) is 2.56. The Bertz CT molecular complexity index is 460. The van der Waals surface area contributed by atoms with E-state index >= 15 is 0 Å². The lowest BCUT2D eigenvalue weighted by Crippen LogP contribution is -2.41. The van der Waals surface area contributed by atoms with Crippen molar-refractivity contribution < 1.29 is 4.79 Å². The molecule has 0 saturated heterocycles. The second kappa shape index (κ2) is 7.60. The lowest BCUT2D eigenvalue weighted by atomic mass is 10.0. The van der Waals surface area contributed by atoms with Gasteiger partial charge in [0, 0.05) is 24.5 Å². The van der Waals surface area contributed by atoms with Crippen molar-refractivity contribution in [3.63, 3.8) is 0 Å². The van der Waals surface area contributed by atoms with Crippen LogP contribution in [0.15, 0.2) is 12.3 Å². The molecular formula is C15H24ClN3O. The van der Waals surface area contributed by atoms with Crippen LogP contribution < -0.4 is 5.32 Å². The normalized spacial score (nSPS) is 12.8. The summed E-state index contributed by atoms with van der Waals surface area (Å²) in [5.41, 5.74) is 1.23. The summed E-state index contributed by atoms with van der Waals surface area (Å²) in [7, 11) is 4.05. The maximum Gasteiger partial charge on any atom is 0.254 e. The molecule has 0 bridgehead atoms. The maximum atomic E-state index is 12.1. The van der Waals surface area contributed by atoms with Gasteiger partial charge in [0.1, 0.15) is 0 Å². The number of carbonyl (C=O) groups excluding carboxylic acids is 1. The number of carbonyl (C=O) groups is 1. The van der Waals surface area contributed by atoms with Crippen molar-refractivity contribution in [3.05, 3.63) is 28.5 Å². The number of amides is 1. The third-order valence-corrected chi connectivity index (χ3v) is 3.52. The molecule has 4 nitrogen and oxygen atoms in total. The molecule has 0 radical (unpaired) electrons. The molecule has 0 aromatic carbocycles. The van der Waals surface area contributed by atoms with Gasteiger partial charge in [0.2, 0.25) is 0 Å². The summed E-state index contributed by atoms with van der Waals surface area (Å²) in [5.74, 6) is 0.419. The molecular weight excluding hydrogens is 274 g/mol. The Morgan fingerprint density at radius 3 is 2.60 bits per heavy atom. The lowest BCUT2D eigenvalue weighted by Gasteiger charge is -2.26. The van der Waals surface area contributed by atoms with Crippen LogP contribution in [0.3, 0.4) is 0 Å². The zero-order chi connectivity index (χ0) is 15.3. The van der Waals surface area contributed by atoms with Crippen LogP contribution in [0.2, 0.25) is 5.02 Å². The zero-order valence-corrected chi connectivity index (χ0v) is 13.7. The van der Waals surface area contributed by atoms with Crippen LogP contribution in [0.1, 0.15) is 36.3 Å². The van der Waals surface area contributed by atoms with Gasteiger partial charge in [0.05, 0.1) is 10.6 Å². The third kappa shape index (κ3) is 5.10. The van der Waals surface area contributed by atoms with Crippen LogP contribution in [0, 0.1) is 12.8 Å². The summed E-state index contributed by atoms with van der Waals surface area (Å²) < 4.78 is 0. The SMILES string of the molecule is Cc1cc(Cl)c(C(=O)NCC(CC(C)C)N(C)C)cn1. The van der Waals surface area contributed by atoms with Gasteiger partial charge in [0.15, 0.2) is 0 Å². The molecule has 1 heterocycles. The van der Waals surface area contributed by atoms with Gasteiger partial charge in [-0.1, -0.05) is 25.4 Å². The number of halogens is 1. The number of nitrogens with zero attached hydrogens (tertiary/aromatic N) is 2. The van der Waals surface area contributed by atoms with E-state index in [1.807, 2.05) is 21.0 Å². The standard InChI is InChI=1S/C15H24ClN3O/c1-10(2)6-12(19(4)5)8-18-15(20)13-9-17-11(3)7-14(13)16/h7,9-10,12H,6,8H2,1-5H3,(H,18,20). The number of aromatic nitrogens is 1. The number of aryl methyl sites for hydroxylation is 1. The van der Waals surface area contributed by atoms with Gasteiger partial charge in [-0.15, -0.1) is 0 Å². The monoisotopic (exact) mass is 297 g/mol. The van der Waals surface area contributed by atoms with Crippen molar-refractivity contribution in [1.29, 1.82) is 0 Å². The molecule has 112 valence electrons. The minimum Gasteiger partial charge on any atom is -0.350 e. The molecule has 0 aliphatic heterocycles. The highest BCUT2D eigenvalue weighted by molar-refractivity contribution is 6.33. The van der Waals surface area contributed by atoms with Crippen LogP contribution in [-0.4, -0.2) is 42.5 Å². The highest BCUT2D eigenvalue weighted by Gasteiger charge is 2.16. The largest absolute Gasteiger partial charge is 0.350 e. The van der Waals surface area contributed by atoms with Crippen molar-refractivity contribution in [1.82, 2.24) is 15.2 Å². The van der Waals surface area contributed by atoms with Crippen molar-refractivity contribution in [2.24, 2.45) is 5.92 Å². The van der Waals surface area contributed by atoms with Gasteiger partial charge in [-0.25, -0.2) is 0 Å². The predicted molar refractivity (Wildman–Crippen MR) is 83.2 cm³/mol. The van der Waals surface area contributed by atoms with Crippen LogP contribution in [0.4, 0.5) is 0 Å². The highest BCUT2D eigenvalue weighted by atomic mass is 35.5. The first-order valence-corrected chi connectivity index (χ1v) is 7.25. The summed E-state index contributed by atoms with van der Waals surface area (Å²) >= 11 is 6.08. The average Bonchev–Trinajstić information content (AvgIpc) is 2.33. The van der Waals surface area contributed by atoms with E-state index in [9.17, 15) is 4.79 Å². The maximum absolute atomic E-state index is 12.1. The van der Waals surface area contributed by atoms with E-state index in [1.54, 1.807) is 6.07 Å². The topological polar surface area (TPSA) is 45.2 Å². The van der Waals surface area contributed by atoms with E-state index in [-0.39, 0.29) is 5.91 Å². The fourth-order valence-corrected chi connectivity index (χ4v) is 2.31. The molecule has 0 aliphatic carbocycles. The van der Waals surface area contributed by atoms with E-state index in [0.29, 0.717) is 29.1 Å². The first kappa shape index (κ1) is 16.9. The predicted octanol–water partition coefficient (Wildman–Crippen LogP) is 2.75. The first-order chi connectivity index (χ1) is 9.31. The van der Waals surface area contributed by atoms with Crippen molar-refractivity contribution in [3.8, 4) is 0 Å². The Labute approximate surface area is 126 Å². The van der Waals surface area contributed by atoms with Gasteiger partial charge in [0.25, 0.3) is 5.91 Å². The van der Waals surface area contributed by atoms with Crippen molar-refractivity contribution in [2.75, 3.05) is 20.6 Å². The molecule has 0 saturated carbocycles. The number of nitrogens with one attached hydrogen (secondary N) is 1. The molecule has 1 aromatic heterocycles. The van der Waals surface area contributed by atoms with E-state index in [4.69, 9.17) is 11.6 Å². The molecule has 1 amide bonds. The molecule has 1 N–H and O–H groups in total. The summed E-state index contributed by atoms with van der Waals surface area (Å²) in [6, 6.07) is 2.02. The first-order valence-electron chi connectivity index (χ1n) is 6.88. The minimum atomic E-state index is -0.168. The summed E-state index contributed by atoms with van der Waals surface area (Å²) in [4.78, 5) is 18.4. The van der Waals surface area contributed by atoms with Crippen molar-refractivity contribution >= 4 is 17.5 Å². The number of hydrogen-bond donors (Lipinski definition) is 1. The molecule has 5 heteroatoms. The highest BCUT2D eigenvalue weighted by Crippen LogP contribution is 2.15. The lowest BCUT2D eigenvalue weighted by molar-refractivity contribution is 0.0938. The number of likely N-dealkylation sites (N-methyl/N-ethyl adjacent to an activating group) is 1. The fraction of sp³-hybridized carbons (Fsp3) is 0.600. The van der Waals surface area contributed by atoms with E-state index in [2.05, 4.69) is 29.0 Å². The molecule has 20 heavy (non-hydrogen) atoms. The van der Waals surface area contributed by atoms with Crippen LogP contribution in [0.5, 0.6) is 0 Å². The Morgan fingerprint density at radius 2 is 2.10 bits per heavy atom. The van der Waals surface area contributed by atoms with E-state index < -0.39 is 0 Å². The quantitative estimate of drug-likeness (QED) is 0.878. The van der Waals surface area contributed by atoms with E-state index in [1.165, 1.54) is 6.20 Å². The molecule has 0 spiro atoms. The minimum absolute atomic E-state index is 0.168. The number of rotatable bonds is 6. The van der Waals surface area contributed by atoms with Gasteiger partial charge in [-0.05, 0) is 39.4 Å².